The van der Waals surface area contributed by atoms with Crippen molar-refractivity contribution in [2.45, 2.75) is 57.8 Å². The molecule has 0 spiro atoms. The number of pyridine rings is 1. The smallest absolute Gasteiger partial charge is 0.262 e. The lowest BCUT2D eigenvalue weighted by Gasteiger charge is -2.21. The number of nitrogens with one attached hydrogen (secondary N) is 2. The SMILES string of the molecule is Cc1cc(F)ncc1NS(=O)(=O)c1cc(-c2sc(NCC3CCCCC3)nc2C)ccc1C. The van der Waals surface area contributed by atoms with Gasteiger partial charge in [-0.05, 0) is 68.4 Å². The van der Waals surface area contributed by atoms with Crippen LogP contribution in [0, 0.1) is 32.6 Å². The number of aromatic nitrogens is 2. The molecule has 0 radical (unpaired) electrons. The van der Waals surface area contributed by atoms with Crippen LogP contribution in [0.1, 0.15) is 48.9 Å². The van der Waals surface area contributed by atoms with Gasteiger partial charge in [-0.2, -0.15) is 4.39 Å². The quantitative estimate of drug-likeness (QED) is 0.395. The first-order chi connectivity index (χ1) is 15.7. The molecule has 1 aromatic carbocycles. The van der Waals surface area contributed by atoms with E-state index in [4.69, 9.17) is 0 Å². The van der Waals surface area contributed by atoms with Gasteiger partial charge in [0, 0.05) is 6.54 Å². The van der Waals surface area contributed by atoms with Crippen LogP contribution in [0.5, 0.6) is 0 Å². The van der Waals surface area contributed by atoms with Crippen LogP contribution in [0.3, 0.4) is 0 Å². The number of aryl methyl sites for hydroxylation is 3. The maximum Gasteiger partial charge on any atom is 0.262 e. The van der Waals surface area contributed by atoms with Crippen LogP contribution in [0.2, 0.25) is 0 Å². The summed E-state index contributed by atoms with van der Waals surface area (Å²) in [4.78, 5) is 9.35. The van der Waals surface area contributed by atoms with Crippen LogP contribution in [0.4, 0.5) is 15.2 Å². The number of benzene rings is 1. The fourth-order valence-electron chi connectivity index (χ4n) is 4.22. The lowest BCUT2D eigenvalue weighted by molar-refractivity contribution is 0.373. The molecule has 1 fully saturated rings. The van der Waals surface area contributed by atoms with Gasteiger partial charge in [0.15, 0.2) is 5.13 Å². The molecule has 3 aromatic rings. The van der Waals surface area contributed by atoms with Crippen molar-refractivity contribution < 1.29 is 12.8 Å². The molecule has 1 saturated carbocycles. The summed E-state index contributed by atoms with van der Waals surface area (Å²) >= 11 is 1.55. The van der Waals surface area contributed by atoms with Crippen LogP contribution in [0.25, 0.3) is 10.4 Å². The highest BCUT2D eigenvalue weighted by Gasteiger charge is 2.21. The molecule has 4 rings (SSSR count). The first-order valence-corrected chi connectivity index (χ1v) is 13.5. The molecule has 6 nitrogen and oxygen atoms in total. The fourth-order valence-corrected chi connectivity index (χ4v) is 6.58. The highest BCUT2D eigenvalue weighted by atomic mass is 32.2. The van der Waals surface area contributed by atoms with Crippen LogP contribution in [-0.2, 0) is 10.0 Å². The summed E-state index contributed by atoms with van der Waals surface area (Å²) in [7, 11) is -3.88. The van der Waals surface area contributed by atoms with Crippen LogP contribution in [-0.4, -0.2) is 24.9 Å². The first-order valence-electron chi connectivity index (χ1n) is 11.2. The Morgan fingerprint density at radius 2 is 1.85 bits per heavy atom. The Hall–Kier alpha value is -2.52. The van der Waals surface area contributed by atoms with Crippen molar-refractivity contribution in [2.24, 2.45) is 5.92 Å². The summed E-state index contributed by atoms with van der Waals surface area (Å²) in [6, 6.07) is 6.59. The van der Waals surface area contributed by atoms with Gasteiger partial charge in [-0.1, -0.05) is 42.7 Å². The van der Waals surface area contributed by atoms with E-state index in [1.807, 2.05) is 13.0 Å². The number of anilines is 2. The molecule has 0 unspecified atom stereocenters. The highest BCUT2D eigenvalue weighted by Crippen LogP contribution is 2.35. The van der Waals surface area contributed by atoms with Gasteiger partial charge >= 0.3 is 0 Å². The van der Waals surface area contributed by atoms with Gasteiger partial charge in [0.25, 0.3) is 10.0 Å². The standard InChI is InChI=1S/C24H29FN4O2S2/c1-15-9-10-19(12-21(15)33(30,31)29-20-14-26-22(25)11-16(20)2)23-17(3)28-24(32-23)27-13-18-7-5-4-6-8-18/h9-12,14,18,29H,4-8,13H2,1-3H3,(H,27,28). The van der Waals surface area contributed by atoms with E-state index in [1.165, 1.54) is 44.4 Å². The molecule has 2 aromatic heterocycles. The summed E-state index contributed by atoms with van der Waals surface area (Å²) in [5.41, 5.74) is 3.01. The maximum atomic E-state index is 13.3. The third-order valence-electron chi connectivity index (χ3n) is 6.12. The van der Waals surface area contributed by atoms with E-state index in [1.54, 1.807) is 37.3 Å². The van der Waals surface area contributed by atoms with Gasteiger partial charge in [0.1, 0.15) is 0 Å². The number of halogens is 1. The monoisotopic (exact) mass is 488 g/mol. The molecule has 2 heterocycles. The van der Waals surface area contributed by atoms with Crippen molar-refractivity contribution in [3.05, 3.63) is 53.2 Å². The fraction of sp³-hybridized carbons (Fsp3) is 0.417. The zero-order valence-electron chi connectivity index (χ0n) is 19.1. The Balaban J connectivity index is 1.57. The van der Waals surface area contributed by atoms with Gasteiger partial charge < -0.3 is 5.32 Å². The average Bonchev–Trinajstić information content (AvgIpc) is 3.16. The number of hydrogen-bond acceptors (Lipinski definition) is 6. The summed E-state index contributed by atoms with van der Waals surface area (Å²) in [5, 5.41) is 4.35. The summed E-state index contributed by atoms with van der Waals surface area (Å²) in [6.07, 6.45) is 7.66. The second-order valence-electron chi connectivity index (χ2n) is 8.73. The van der Waals surface area contributed by atoms with Crippen molar-refractivity contribution in [3.8, 4) is 10.4 Å². The van der Waals surface area contributed by atoms with E-state index >= 15 is 0 Å². The molecule has 0 bridgehead atoms. The molecular weight excluding hydrogens is 459 g/mol. The maximum absolute atomic E-state index is 13.3. The van der Waals surface area contributed by atoms with Gasteiger partial charge in [0.2, 0.25) is 5.95 Å². The summed E-state index contributed by atoms with van der Waals surface area (Å²) in [5.74, 6) is 0.0419. The Morgan fingerprint density at radius 3 is 2.58 bits per heavy atom. The third kappa shape index (κ3) is 5.52. The van der Waals surface area contributed by atoms with E-state index in [2.05, 4.69) is 20.0 Å². The number of nitrogens with zero attached hydrogens (tertiary/aromatic N) is 2. The van der Waals surface area contributed by atoms with Crippen molar-refractivity contribution in [1.29, 1.82) is 0 Å². The van der Waals surface area contributed by atoms with Gasteiger partial charge in [-0.15, -0.1) is 0 Å². The Labute approximate surface area is 198 Å². The van der Waals surface area contributed by atoms with E-state index in [0.29, 0.717) is 17.0 Å². The Morgan fingerprint density at radius 1 is 1.09 bits per heavy atom. The molecular formula is C24H29FN4O2S2. The lowest BCUT2D eigenvalue weighted by atomic mass is 9.89. The molecule has 1 aliphatic rings. The number of sulfonamides is 1. The normalized spacial score (nSPS) is 14.9. The van der Waals surface area contributed by atoms with E-state index in [9.17, 15) is 12.8 Å². The number of thiazole rings is 1. The molecule has 33 heavy (non-hydrogen) atoms. The Kier molecular flexibility index (Phi) is 6.99. The average molecular weight is 489 g/mol. The zero-order valence-corrected chi connectivity index (χ0v) is 20.7. The van der Waals surface area contributed by atoms with Crippen molar-refractivity contribution >= 4 is 32.2 Å². The number of hydrogen-bond donors (Lipinski definition) is 2. The minimum atomic E-state index is -3.88. The highest BCUT2D eigenvalue weighted by molar-refractivity contribution is 7.92. The van der Waals surface area contributed by atoms with E-state index in [0.717, 1.165) is 27.8 Å². The van der Waals surface area contributed by atoms with Crippen LogP contribution >= 0.6 is 11.3 Å². The zero-order chi connectivity index (χ0) is 23.6. The van der Waals surface area contributed by atoms with Crippen molar-refractivity contribution in [1.82, 2.24) is 9.97 Å². The first kappa shape index (κ1) is 23.6. The molecule has 2 N–H and O–H groups in total. The third-order valence-corrected chi connectivity index (χ3v) is 8.80. The largest absolute Gasteiger partial charge is 0.361 e. The van der Waals surface area contributed by atoms with E-state index < -0.39 is 16.0 Å². The molecule has 1 aliphatic carbocycles. The second kappa shape index (κ2) is 9.77. The van der Waals surface area contributed by atoms with Gasteiger partial charge in [0.05, 0.1) is 27.4 Å². The van der Waals surface area contributed by atoms with Crippen LogP contribution < -0.4 is 10.0 Å². The lowest BCUT2D eigenvalue weighted by Crippen LogP contribution is -2.16. The second-order valence-corrected chi connectivity index (χ2v) is 11.4. The number of rotatable bonds is 7. The topological polar surface area (TPSA) is 84.0 Å². The van der Waals surface area contributed by atoms with Gasteiger partial charge in [-0.3, -0.25) is 4.72 Å². The summed E-state index contributed by atoms with van der Waals surface area (Å²) in [6.45, 7) is 6.26. The predicted molar refractivity (Wildman–Crippen MR) is 132 cm³/mol. The predicted octanol–water partition coefficient (Wildman–Crippen LogP) is 6.06. The van der Waals surface area contributed by atoms with E-state index in [-0.39, 0.29) is 10.6 Å². The molecule has 176 valence electrons. The molecule has 0 amide bonds. The molecule has 9 heteroatoms. The van der Waals surface area contributed by atoms with Crippen molar-refractivity contribution in [2.75, 3.05) is 16.6 Å². The molecule has 0 atom stereocenters. The minimum absolute atomic E-state index is 0.174. The molecule has 0 aliphatic heterocycles. The molecule has 0 saturated heterocycles. The summed E-state index contributed by atoms with van der Waals surface area (Å²) < 4.78 is 42.2. The van der Waals surface area contributed by atoms with Crippen molar-refractivity contribution in [3.63, 3.8) is 0 Å². The Bertz CT molecular complexity index is 1250. The minimum Gasteiger partial charge on any atom is -0.361 e. The van der Waals surface area contributed by atoms with Crippen LogP contribution in [0.15, 0.2) is 35.4 Å². The van der Waals surface area contributed by atoms with Gasteiger partial charge in [-0.25, -0.2) is 18.4 Å².